The van der Waals surface area contributed by atoms with Gasteiger partial charge in [-0.2, -0.15) is 0 Å². The van der Waals surface area contributed by atoms with Crippen LogP contribution in [-0.2, 0) is 20.9 Å². The lowest BCUT2D eigenvalue weighted by molar-refractivity contribution is -0.122. The number of thiazole rings is 1. The molecule has 2 aliphatic rings. The van der Waals surface area contributed by atoms with E-state index >= 15 is 0 Å². The number of aromatic nitrogens is 1. The molecule has 4 aromatic carbocycles. The van der Waals surface area contributed by atoms with Gasteiger partial charge in [0.05, 0.1) is 23.7 Å². The van der Waals surface area contributed by atoms with Gasteiger partial charge in [0.25, 0.3) is 0 Å². The molecule has 7 rings (SSSR count). The third-order valence-corrected chi connectivity index (χ3v) is 10.8. The van der Waals surface area contributed by atoms with Crippen molar-refractivity contribution in [1.29, 1.82) is 0 Å². The summed E-state index contributed by atoms with van der Waals surface area (Å²) in [5, 5.41) is 4.69. The number of rotatable bonds is 6. The second-order valence-corrected chi connectivity index (χ2v) is 13.0. The zero-order chi connectivity index (χ0) is 30.5. The monoisotopic (exact) mass is 621 g/mol. The van der Waals surface area contributed by atoms with Crippen molar-refractivity contribution < 1.29 is 19.1 Å². The number of fused-ring (bicyclic) bond motifs is 3. The van der Waals surface area contributed by atoms with Crippen LogP contribution in [0.5, 0.6) is 5.75 Å². The lowest BCUT2D eigenvalue weighted by atomic mass is 9.82. The van der Waals surface area contributed by atoms with Gasteiger partial charge in [0, 0.05) is 22.0 Å². The Balaban J connectivity index is 1.28. The number of carbonyl (C=O) groups excluding carboxylic acids is 3. The molecule has 44 heavy (non-hydrogen) atoms. The van der Waals surface area contributed by atoms with E-state index < -0.39 is 17.1 Å². The minimum absolute atomic E-state index is 0.232. The summed E-state index contributed by atoms with van der Waals surface area (Å²) in [5.74, 6) is -1.83. The summed E-state index contributed by atoms with van der Waals surface area (Å²) in [6, 6.07) is 28.1. The Labute approximate surface area is 261 Å². The van der Waals surface area contributed by atoms with Crippen molar-refractivity contribution in [3.8, 4) is 5.75 Å². The predicted octanol–water partition coefficient (Wildman–Crippen LogP) is 5.81. The molecule has 1 aromatic heterocycles. The molecule has 0 spiro atoms. The molecule has 2 aliphatic heterocycles. The molecule has 1 saturated heterocycles. The van der Waals surface area contributed by atoms with E-state index in [0.717, 1.165) is 27.7 Å². The van der Waals surface area contributed by atoms with Crippen LogP contribution in [-0.4, -0.2) is 34.6 Å². The van der Waals surface area contributed by atoms with Crippen molar-refractivity contribution in [2.24, 2.45) is 5.92 Å². The highest BCUT2D eigenvalue weighted by Gasteiger charge is 2.57. The van der Waals surface area contributed by atoms with Crippen LogP contribution >= 0.6 is 23.1 Å². The molecule has 0 radical (unpaired) electrons. The van der Waals surface area contributed by atoms with Gasteiger partial charge in [-0.3, -0.25) is 23.7 Å². The number of benzene rings is 4. The summed E-state index contributed by atoms with van der Waals surface area (Å²) in [6.07, 6.45) is 0. The number of anilines is 2. The number of aryl methyl sites for hydroxylation is 1. The maximum atomic E-state index is 14.1. The molecule has 3 amide bonds. The number of ether oxygens (including phenoxy) is 1. The van der Waals surface area contributed by atoms with E-state index in [0.29, 0.717) is 32.6 Å². The third kappa shape index (κ3) is 4.71. The van der Waals surface area contributed by atoms with E-state index in [1.807, 2.05) is 85.8 Å². The van der Waals surface area contributed by atoms with E-state index in [4.69, 9.17) is 4.74 Å². The first-order valence-electron chi connectivity index (χ1n) is 14.1. The van der Waals surface area contributed by atoms with Gasteiger partial charge < -0.3 is 10.1 Å². The van der Waals surface area contributed by atoms with Crippen LogP contribution in [0.15, 0.2) is 101 Å². The highest BCUT2D eigenvalue weighted by atomic mass is 32.2. The van der Waals surface area contributed by atoms with Gasteiger partial charge in [0.1, 0.15) is 17.5 Å². The number of hydrogen-bond acceptors (Lipinski definition) is 7. The maximum absolute atomic E-state index is 14.1. The van der Waals surface area contributed by atoms with E-state index in [9.17, 15) is 19.2 Å². The molecule has 3 atom stereocenters. The molecule has 1 N–H and O–H groups in total. The van der Waals surface area contributed by atoms with Gasteiger partial charge in [-0.25, -0.2) is 4.90 Å². The summed E-state index contributed by atoms with van der Waals surface area (Å²) in [7, 11) is 1.56. The molecule has 0 bridgehead atoms. The first-order valence-corrected chi connectivity index (χ1v) is 15.8. The minimum Gasteiger partial charge on any atom is -0.496 e. The smallest absolute Gasteiger partial charge is 0.308 e. The van der Waals surface area contributed by atoms with E-state index in [1.165, 1.54) is 21.2 Å². The molecule has 10 heteroatoms. The Morgan fingerprint density at radius 1 is 0.886 bits per heavy atom. The van der Waals surface area contributed by atoms with Gasteiger partial charge in [0.2, 0.25) is 17.7 Å². The normalized spacial score (nSPS) is 19.1. The van der Waals surface area contributed by atoms with Gasteiger partial charge >= 0.3 is 4.87 Å². The van der Waals surface area contributed by atoms with Crippen molar-refractivity contribution in [2.45, 2.75) is 29.7 Å². The Hall–Kier alpha value is -4.67. The quantitative estimate of drug-likeness (QED) is 0.240. The number of methoxy groups -OCH3 is 1. The van der Waals surface area contributed by atoms with Crippen LogP contribution in [0.1, 0.15) is 21.9 Å². The fourth-order valence-corrected chi connectivity index (χ4v) is 8.84. The first-order chi connectivity index (χ1) is 21.3. The van der Waals surface area contributed by atoms with Crippen LogP contribution in [0.3, 0.4) is 0 Å². The predicted molar refractivity (Wildman–Crippen MR) is 173 cm³/mol. The molecule has 0 saturated carbocycles. The maximum Gasteiger partial charge on any atom is 0.308 e. The first kappa shape index (κ1) is 28.1. The Bertz CT molecular complexity index is 2020. The van der Waals surface area contributed by atoms with Crippen LogP contribution in [0.25, 0.3) is 10.8 Å². The van der Waals surface area contributed by atoms with Crippen molar-refractivity contribution in [2.75, 3.05) is 17.3 Å². The standard InChI is InChI=1S/C34H27N3O5S2/c1-19-11-15-23(16-12-19)37-31(39)28-27(24-9-5-6-10-25(24)42-2)30-33(43-29(28)32(37)40)36(34(41)44-30)18-26(38)35-22-14-13-20-7-3-4-8-21(20)17-22/h3-17,27-29H,18H2,1-2H3,(H,35,38). The number of nitrogens with zero attached hydrogens (tertiary/aromatic N) is 2. The Morgan fingerprint density at radius 3 is 2.39 bits per heavy atom. The van der Waals surface area contributed by atoms with Gasteiger partial charge in [-0.1, -0.05) is 89.3 Å². The number of nitrogens with one attached hydrogen (secondary N) is 1. The lowest BCUT2D eigenvalue weighted by Crippen LogP contribution is -2.33. The van der Waals surface area contributed by atoms with Gasteiger partial charge in [0.15, 0.2) is 0 Å². The summed E-state index contributed by atoms with van der Waals surface area (Å²) in [6.45, 7) is 1.71. The number of para-hydroxylation sites is 1. The van der Waals surface area contributed by atoms with Crippen LogP contribution in [0.4, 0.5) is 11.4 Å². The van der Waals surface area contributed by atoms with Crippen molar-refractivity contribution >= 4 is 63.0 Å². The van der Waals surface area contributed by atoms with E-state index in [2.05, 4.69) is 5.32 Å². The highest BCUT2D eigenvalue weighted by molar-refractivity contribution is 8.00. The minimum atomic E-state index is -0.782. The average molecular weight is 622 g/mol. The molecule has 0 aliphatic carbocycles. The molecule has 220 valence electrons. The van der Waals surface area contributed by atoms with Crippen molar-refractivity contribution in [3.05, 3.63) is 117 Å². The van der Waals surface area contributed by atoms with Crippen molar-refractivity contribution in [1.82, 2.24) is 4.57 Å². The van der Waals surface area contributed by atoms with E-state index in [1.54, 1.807) is 19.2 Å². The number of imide groups is 1. The third-order valence-electron chi connectivity index (χ3n) is 8.15. The molecule has 1 fully saturated rings. The van der Waals surface area contributed by atoms with Crippen LogP contribution in [0, 0.1) is 12.8 Å². The zero-order valence-corrected chi connectivity index (χ0v) is 25.5. The zero-order valence-electron chi connectivity index (χ0n) is 23.9. The van der Waals surface area contributed by atoms with Crippen LogP contribution in [0.2, 0.25) is 0 Å². The SMILES string of the molecule is COc1ccccc1C1c2sc(=O)n(CC(=O)Nc3ccc4ccccc4c3)c2SC2C(=O)N(c3ccc(C)cc3)C(=O)C21. The molecule has 8 nitrogen and oxygen atoms in total. The average Bonchev–Trinajstić information content (AvgIpc) is 3.47. The number of amides is 3. The summed E-state index contributed by atoms with van der Waals surface area (Å²) in [4.78, 5) is 56.4. The summed E-state index contributed by atoms with van der Waals surface area (Å²) < 4.78 is 7.11. The molecule has 5 aromatic rings. The number of hydrogen-bond donors (Lipinski definition) is 1. The lowest BCUT2D eigenvalue weighted by Gasteiger charge is -2.31. The molecular formula is C34H27N3O5S2. The van der Waals surface area contributed by atoms with Gasteiger partial charge in [-0.15, -0.1) is 0 Å². The topological polar surface area (TPSA) is 97.7 Å². The second-order valence-electron chi connectivity index (χ2n) is 10.9. The van der Waals surface area contributed by atoms with Crippen LogP contribution < -0.4 is 19.8 Å². The summed E-state index contributed by atoms with van der Waals surface area (Å²) >= 11 is 2.20. The molecule has 3 unspecified atom stereocenters. The molecular weight excluding hydrogens is 595 g/mol. The van der Waals surface area contributed by atoms with Gasteiger partial charge in [-0.05, 0) is 48.0 Å². The van der Waals surface area contributed by atoms with Crippen molar-refractivity contribution in [3.63, 3.8) is 0 Å². The number of carbonyl (C=O) groups is 3. The second kappa shape index (κ2) is 11.1. The van der Waals surface area contributed by atoms with E-state index in [-0.39, 0.29) is 29.1 Å². The largest absolute Gasteiger partial charge is 0.496 e. The molecule has 3 heterocycles. The summed E-state index contributed by atoms with van der Waals surface area (Å²) in [5.41, 5.74) is 2.86. The number of thioether (sulfide) groups is 1. The highest BCUT2D eigenvalue weighted by Crippen LogP contribution is 2.55. The Morgan fingerprint density at radius 2 is 1.61 bits per heavy atom. The Kier molecular flexibility index (Phi) is 7.10. The fourth-order valence-electron chi connectivity index (χ4n) is 6.07. The fraction of sp³-hybridized carbons (Fsp3) is 0.176.